The number of carbonyl (C=O) groups is 1. The number of nitrogens with two attached hydrogens (primary N) is 1. The van der Waals surface area contributed by atoms with Crippen molar-refractivity contribution >= 4 is 5.91 Å². The van der Waals surface area contributed by atoms with E-state index >= 15 is 0 Å². The summed E-state index contributed by atoms with van der Waals surface area (Å²) in [5, 5.41) is 2.90. The summed E-state index contributed by atoms with van der Waals surface area (Å²) in [6.07, 6.45) is 10.5. The van der Waals surface area contributed by atoms with Crippen molar-refractivity contribution in [1.82, 2.24) is 5.32 Å². The third-order valence-electron chi connectivity index (χ3n) is 3.82. The molecule has 3 N–H and O–H groups in total. The average Bonchev–Trinajstić information content (AvgIpc) is 2.39. The second-order valence-electron chi connectivity index (χ2n) is 6.04. The highest BCUT2D eigenvalue weighted by molar-refractivity contribution is 5.76. The second kappa shape index (κ2) is 11.3. The summed E-state index contributed by atoms with van der Waals surface area (Å²) in [6.45, 7) is 7.84. The molecule has 1 atom stereocenters. The first-order valence-electron chi connectivity index (χ1n) is 8.04. The second-order valence-corrected chi connectivity index (χ2v) is 6.04. The van der Waals surface area contributed by atoms with Gasteiger partial charge in [0.15, 0.2) is 0 Å². The van der Waals surface area contributed by atoms with Gasteiger partial charge >= 0.3 is 0 Å². The number of amides is 1. The van der Waals surface area contributed by atoms with Gasteiger partial charge in [-0.25, -0.2) is 0 Å². The van der Waals surface area contributed by atoms with Gasteiger partial charge in [-0.1, -0.05) is 59.3 Å². The summed E-state index contributed by atoms with van der Waals surface area (Å²) in [7, 11) is 0. The zero-order valence-corrected chi connectivity index (χ0v) is 13.3. The first kappa shape index (κ1) is 18.4. The minimum Gasteiger partial charge on any atom is -0.355 e. The molecule has 0 aromatic rings. The Bertz CT molecular complexity index is 231. The fourth-order valence-electron chi connectivity index (χ4n) is 2.55. The summed E-state index contributed by atoms with van der Waals surface area (Å²) in [4.78, 5) is 11.9. The Morgan fingerprint density at radius 1 is 1.05 bits per heavy atom. The molecule has 3 heteroatoms. The van der Waals surface area contributed by atoms with Gasteiger partial charge in [0.2, 0.25) is 5.91 Å². The normalized spacial score (nSPS) is 14.1. The van der Waals surface area contributed by atoms with Crippen LogP contribution in [0.2, 0.25) is 0 Å². The monoisotopic (exact) mass is 270 g/mol. The molecule has 0 aliphatic heterocycles. The van der Waals surface area contributed by atoms with Crippen LogP contribution in [0.3, 0.4) is 0 Å². The van der Waals surface area contributed by atoms with Crippen molar-refractivity contribution in [3.8, 4) is 0 Å². The summed E-state index contributed by atoms with van der Waals surface area (Å²) < 4.78 is 0. The van der Waals surface area contributed by atoms with E-state index in [0.717, 1.165) is 6.42 Å². The molecule has 0 aliphatic carbocycles. The van der Waals surface area contributed by atoms with E-state index in [2.05, 4.69) is 26.1 Å². The third-order valence-corrected chi connectivity index (χ3v) is 3.82. The summed E-state index contributed by atoms with van der Waals surface area (Å²) >= 11 is 0. The number of hydrogen-bond acceptors (Lipinski definition) is 2. The maximum atomic E-state index is 11.9. The lowest BCUT2D eigenvalue weighted by molar-refractivity contribution is -0.123. The van der Waals surface area contributed by atoms with Crippen molar-refractivity contribution < 1.29 is 4.79 Å². The minimum atomic E-state index is 0.166. The summed E-state index contributed by atoms with van der Waals surface area (Å²) in [5.74, 6) is 0.166. The number of nitrogens with one attached hydrogen (secondary N) is 1. The van der Waals surface area contributed by atoms with Crippen LogP contribution >= 0.6 is 0 Å². The number of carbonyl (C=O) groups excluding carboxylic acids is 1. The smallest absolute Gasteiger partial charge is 0.220 e. The Hall–Kier alpha value is -0.570. The molecule has 0 aromatic heterocycles. The molecule has 0 aliphatic rings. The van der Waals surface area contributed by atoms with Crippen LogP contribution < -0.4 is 11.1 Å². The summed E-state index contributed by atoms with van der Waals surface area (Å²) in [6, 6.07) is 0. The van der Waals surface area contributed by atoms with Gasteiger partial charge in [-0.2, -0.15) is 0 Å². The fraction of sp³-hybridized carbons (Fsp3) is 0.938. The quantitative estimate of drug-likeness (QED) is 0.532. The molecule has 0 heterocycles. The lowest BCUT2D eigenvalue weighted by Crippen LogP contribution is -2.33. The van der Waals surface area contributed by atoms with Crippen molar-refractivity contribution in [2.75, 3.05) is 13.1 Å². The Kier molecular flexibility index (Phi) is 10.9. The molecule has 0 saturated carbocycles. The number of hydrogen-bond donors (Lipinski definition) is 2. The SMILES string of the molecule is CCCCCCC(C)(CCCC)CC(=O)NCCN. The minimum absolute atomic E-state index is 0.166. The Morgan fingerprint density at radius 2 is 1.68 bits per heavy atom. The Morgan fingerprint density at radius 3 is 2.26 bits per heavy atom. The highest BCUT2D eigenvalue weighted by Crippen LogP contribution is 2.34. The highest BCUT2D eigenvalue weighted by Gasteiger charge is 2.26. The maximum Gasteiger partial charge on any atom is 0.220 e. The van der Waals surface area contributed by atoms with Gasteiger partial charge in [-0.3, -0.25) is 4.79 Å². The van der Waals surface area contributed by atoms with E-state index in [1.165, 1.54) is 44.9 Å². The van der Waals surface area contributed by atoms with Crippen LogP contribution in [0.15, 0.2) is 0 Å². The molecule has 0 radical (unpaired) electrons. The third kappa shape index (κ3) is 9.94. The molecule has 3 nitrogen and oxygen atoms in total. The Balaban J connectivity index is 4.19. The number of unbranched alkanes of at least 4 members (excludes halogenated alkanes) is 4. The predicted octanol–water partition coefficient (Wildman–Crippen LogP) is 3.62. The van der Waals surface area contributed by atoms with Crippen molar-refractivity contribution in [2.45, 2.75) is 78.6 Å². The first-order valence-corrected chi connectivity index (χ1v) is 8.04. The molecule has 0 fully saturated rings. The van der Waals surface area contributed by atoms with Crippen LogP contribution in [0.4, 0.5) is 0 Å². The molecule has 0 saturated heterocycles. The van der Waals surface area contributed by atoms with Crippen LogP contribution in [-0.4, -0.2) is 19.0 Å². The van der Waals surface area contributed by atoms with Gasteiger partial charge in [-0.05, 0) is 18.3 Å². The van der Waals surface area contributed by atoms with E-state index < -0.39 is 0 Å². The lowest BCUT2D eigenvalue weighted by atomic mass is 9.77. The number of rotatable bonds is 12. The first-order chi connectivity index (χ1) is 9.08. The molecule has 1 unspecified atom stereocenters. The van der Waals surface area contributed by atoms with E-state index in [1.807, 2.05) is 0 Å². The van der Waals surface area contributed by atoms with Crippen molar-refractivity contribution in [3.05, 3.63) is 0 Å². The van der Waals surface area contributed by atoms with Gasteiger partial charge in [0.25, 0.3) is 0 Å². The van der Waals surface area contributed by atoms with Gasteiger partial charge in [0.05, 0.1) is 0 Å². The molecule has 0 aromatic carbocycles. The van der Waals surface area contributed by atoms with Crippen molar-refractivity contribution in [2.24, 2.45) is 11.1 Å². The van der Waals surface area contributed by atoms with E-state index in [9.17, 15) is 4.79 Å². The van der Waals surface area contributed by atoms with Crippen LogP contribution in [0.5, 0.6) is 0 Å². The van der Waals surface area contributed by atoms with Crippen molar-refractivity contribution in [3.63, 3.8) is 0 Å². The summed E-state index contributed by atoms with van der Waals surface area (Å²) in [5.41, 5.74) is 5.59. The Labute approximate surface area is 119 Å². The molecule has 19 heavy (non-hydrogen) atoms. The van der Waals surface area contributed by atoms with Gasteiger partial charge in [-0.15, -0.1) is 0 Å². The fourth-order valence-corrected chi connectivity index (χ4v) is 2.55. The van der Waals surface area contributed by atoms with Gasteiger partial charge in [0, 0.05) is 19.5 Å². The lowest BCUT2D eigenvalue weighted by Gasteiger charge is -2.29. The van der Waals surface area contributed by atoms with E-state index in [1.54, 1.807) is 0 Å². The highest BCUT2D eigenvalue weighted by atomic mass is 16.1. The topological polar surface area (TPSA) is 55.1 Å². The molecule has 0 spiro atoms. The van der Waals surface area contributed by atoms with Crippen LogP contribution in [-0.2, 0) is 4.79 Å². The molecule has 114 valence electrons. The molecule has 1 amide bonds. The molecular formula is C16H34N2O. The van der Waals surface area contributed by atoms with Crippen molar-refractivity contribution in [1.29, 1.82) is 0 Å². The van der Waals surface area contributed by atoms with Gasteiger partial charge < -0.3 is 11.1 Å². The van der Waals surface area contributed by atoms with Crippen LogP contribution in [0.1, 0.15) is 78.6 Å². The largest absolute Gasteiger partial charge is 0.355 e. The van der Waals surface area contributed by atoms with Gasteiger partial charge in [0.1, 0.15) is 0 Å². The van der Waals surface area contributed by atoms with E-state index in [-0.39, 0.29) is 11.3 Å². The van der Waals surface area contributed by atoms with Crippen LogP contribution in [0.25, 0.3) is 0 Å². The standard InChI is InChI=1S/C16H34N2O/c1-4-6-8-9-11-16(3,10-7-5-2)14-15(19)18-13-12-17/h4-14,17H2,1-3H3,(H,18,19). The van der Waals surface area contributed by atoms with E-state index in [4.69, 9.17) is 5.73 Å². The average molecular weight is 270 g/mol. The maximum absolute atomic E-state index is 11.9. The predicted molar refractivity (Wildman–Crippen MR) is 83.1 cm³/mol. The zero-order valence-electron chi connectivity index (χ0n) is 13.3. The van der Waals surface area contributed by atoms with Crippen LogP contribution in [0, 0.1) is 5.41 Å². The molecule has 0 rings (SSSR count). The van der Waals surface area contributed by atoms with E-state index in [0.29, 0.717) is 19.5 Å². The molecular weight excluding hydrogens is 236 g/mol. The zero-order chi connectivity index (χ0) is 14.6. The molecule has 0 bridgehead atoms.